The number of halogens is 1. The molecule has 2 unspecified atom stereocenters. The van der Waals surface area contributed by atoms with E-state index >= 15 is 0 Å². The highest BCUT2D eigenvalue weighted by molar-refractivity contribution is 8.13. The molecule has 1 saturated carbocycles. The van der Waals surface area contributed by atoms with Crippen LogP contribution in [-0.2, 0) is 13.8 Å². The molecule has 0 aromatic heterocycles. The molecule has 7 heteroatoms. The van der Waals surface area contributed by atoms with Gasteiger partial charge in [-0.2, -0.15) is 0 Å². The first-order chi connectivity index (χ1) is 8.82. The van der Waals surface area contributed by atoms with Gasteiger partial charge in [-0.25, -0.2) is 8.42 Å². The van der Waals surface area contributed by atoms with Crippen LogP contribution in [-0.4, -0.2) is 21.4 Å². The molecular weight excluding hydrogens is 290 g/mol. The maximum Gasteiger partial charge on any atom is 0.261 e. The zero-order valence-corrected chi connectivity index (χ0v) is 12.1. The van der Waals surface area contributed by atoms with Crippen molar-refractivity contribution >= 4 is 31.3 Å². The van der Waals surface area contributed by atoms with E-state index in [0.717, 1.165) is 6.42 Å². The van der Waals surface area contributed by atoms with Crippen LogP contribution < -0.4 is 10.1 Å². The molecule has 104 valence electrons. The number of nitrogens with one attached hydrogen (secondary N) is 1. The minimum atomic E-state index is -3.84. The molecule has 0 spiro atoms. The Balaban J connectivity index is 2.29. The number of amides is 1. The quantitative estimate of drug-likeness (QED) is 0.866. The maximum atomic E-state index is 11.9. The third kappa shape index (κ3) is 3.19. The van der Waals surface area contributed by atoms with Gasteiger partial charge in [-0.05, 0) is 30.5 Å². The summed E-state index contributed by atoms with van der Waals surface area (Å²) >= 11 is 0. The lowest BCUT2D eigenvalue weighted by atomic mass is 10.2. The Morgan fingerprint density at radius 1 is 1.47 bits per heavy atom. The van der Waals surface area contributed by atoms with Crippen molar-refractivity contribution in [3.05, 3.63) is 18.2 Å². The van der Waals surface area contributed by atoms with Gasteiger partial charge in [0, 0.05) is 16.6 Å². The molecule has 0 aliphatic heterocycles. The summed E-state index contributed by atoms with van der Waals surface area (Å²) in [5.74, 6) is 0.618. The smallest absolute Gasteiger partial charge is 0.261 e. The second-order valence-electron chi connectivity index (χ2n) is 4.61. The van der Waals surface area contributed by atoms with E-state index in [0.29, 0.717) is 17.4 Å². The highest BCUT2D eigenvalue weighted by Gasteiger charge is 2.39. The third-order valence-corrected chi connectivity index (χ3v) is 4.51. The molecule has 1 aromatic carbocycles. The summed E-state index contributed by atoms with van der Waals surface area (Å²) in [5, 5.41) is 2.68. The van der Waals surface area contributed by atoms with Gasteiger partial charge in [0.15, 0.2) is 0 Å². The van der Waals surface area contributed by atoms with Gasteiger partial charge in [0.2, 0.25) is 5.91 Å². The van der Waals surface area contributed by atoms with Crippen LogP contribution in [0, 0.1) is 11.8 Å². The minimum Gasteiger partial charge on any atom is -0.495 e. The Hall–Kier alpha value is -1.27. The molecule has 2 rings (SSSR count). The molecule has 1 N–H and O–H groups in total. The predicted molar refractivity (Wildman–Crippen MR) is 71.9 cm³/mol. The summed E-state index contributed by atoms with van der Waals surface area (Å²) in [5.41, 5.74) is 0.313. The molecular formula is C12H14ClNO4S. The van der Waals surface area contributed by atoms with E-state index in [1.807, 2.05) is 6.92 Å². The standard InChI is InChI=1S/C12H14ClNO4S/c1-7-5-9(7)12(15)14-10-6-8(19(13,16)17)3-4-11(10)18-2/h3-4,6-7,9H,5H2,1-2H3,(H,14,15). The van der Waals surface area contributed by atoms with E-state index < -0.39 is 9.05 Å². The summed E-state index contributed by atoms with van der Waals surface area (Å²) in [4.78, 5) is 11.8. The first kappa shape index (κ1) is 14.1. The maximum absolute atomic E-state index is 11.9. The number of benzene rings is 1. The van der Waals surface area contributed by atoms with Crippen LogP contribution in [0.1, 0.15) is 13.3 Å². The molecule has 0 heterocycles. The van der Waals surface area contributed by atoms with Gasteiger partial charge >= 0.3 is 0 Å². The van der Waals surface area contributed by atoms with Crippen molar-refractivity contribution in [2.75, 3.05) is 12.4 Å². The van der Waals surface area contributed by atoms with E-state index in [1.54, 1.807) is 0 Å². The number of hydrogen-bond acceptors (Lipinski definition) is 4. The van der Waals surface area contributed by atoms with E-state index in [1.165, 1.54) is 25.3 Å². The van der Waals surface area contributed by atoms with Gasteiger partial charge in [0.1, 0.15) is 5.75 Å². The monoisotopic (exact) mass is 303 g/mol. The second kappa shape index (κ2) is 5.02. The molecule has 0 saturated heterocycles. The van der Waals surface area contributed by atoms with Crippen LogP contribution in [0.5, 0.6) is 5.75 Å². The molecule has 1 aliphatic rings. The highest BCUT2D eigenvalue weighted by Crippen LogP contribution is 2.39. The van der Waals surface area contributed by atoms with Gasteiger partial charge in [-0.1, -0.05) is 6.92 Å². The van der Waals surface area contributed by atoms with Crippen LogP contribution in [0.2, 0.25) is 0 Å². The lowest BCUT2D eigenvalue weighted by Gasteiger charge is -2.11. The van der Waals surface area contributed by atoms with Crippen molar-refractivity contribution in [1.29, 1.82) is 0 Å². The molecule has 2 atom stereocenters. The summed E-state index contributed by atoms with van der Waals surface area (Å²) in [6, 6.07) is 4.09. The molecule has 1 aliphatic carbocycles. The summed E-state index contributed by atoms with van der Waals surface area (Å²) < 4.78 is 27.6. The van der Waals surface area contributed by atoms with Gasteiger partial charge < -0.3 is 10.1 Å². The van der Waals surface area contributed by atoms with Gasteiger partial charge in [0.05, 0.1) is 17.7 Å². The van der Waals surface area contributed by atoms with E-state index in [9.17, 15) is 13.2 Å². The van der Waals surface area contributed by atoms with Crippen molar-refractivity contribution in [3.8, 4) is 5.75 Å². The number of methoxy groups -OCH3 is 1. The number of carbonyl (C=O) groups is 1. The second-order valence-corrected chi connectivity index (χ2v) is 7.17. The lowest BCUT2D eigenvalue weighted by molar-refractivity contribution is -0.117. The third-order valence-electron chi connectivity index (χ3n) is 3.16. The van der Waals surface area contributed by atoms with Crippen LogP contribution in [0.4, 0.5) is 5.69 Å². The summed E-state index contributed by atoms with van der Waals surface area (Å²) in [6.45, 7) is 1.99. The Kier molecular flexibility index (Phi) is 3.73. The summed E-state index contributed by atoms with van der Waals surface area (Å²) in [6.07, 6.45) is 0.849. The molecule has 1 fully saturated rings. The zero-order chi connectivity index (χ0) is 14.2. The normalized spacial score (nSPS) is 21.8. The molecule has 5 nitrogen and oxygen atoms in total. The lowest BCUT2D eigenvalue weighted by Crippen LogP contribution is -2.15. The highest BCUT2D eigenvalue weighted by atomic mass is 35.7. The van der Waals surface area contributed by atoms with Gasteiger partial charge in [-0.3, -0.25) is 4.79 Å². The van der Waals surface area contributed by atoms with Crippen LogP contribution in [0.25, 0.3) is 0 Å². The van der Waals surface area contributed by atoms with Crippen molar-refractivity contribution in [2.45, 2.75) is 18.2 Å². The molecule has 1 amide bonds. The Labute approximate surface area is 116 Å². The molecule has 1 aromatic rings. The average molecular weight is 304 g/mol. The minimum absolute atomic E-state index is 0.0130. The average Bonchev–Trinajstić information content (AvgIpc) is 3.05. The molecule has 0 radical (unpaired) electrons. The topological polar surface area (TPSA) is 72.5 Å². The van der Waals surface area contributed by atoms with Crippen molar-refractivity contribution in [3.63, 3.8) is 0 Å². The molecule has 19 heavy (non-hydrogen) atoms. The van der Waals surface area contributed by atoms with Crippen molar-refractivity contribution < 1.29 is 17.9 Å². The largest absolute Gasteiger partial charge is 0.495 e. The first-order valence-corrected chi connectivity index (χ1v) is 8.07. The number of hydrogen-bond donors (Lipinski definition) is 1. The fourth-order valence-corrected chi connectivity index (χ4v) is 2.63. The zero-order valence-electron chi connectivity index (χ0n) is 10.5. The predicted octanol–water partition coefficient (Wildman–Crippen LogP) is 2.22. The van der Waals surface area contributed by atoms with E-state index in [4.69, 9.17) is 15.4 Å². The van der Waals surface area contributed by atoms with Gasteiger partial charge in [-0.15, -0.1) is 0 Å². The Morgan fingerprint density at radius 2 is 2.11 bits per heavy atom. The van der Waals surface area contributed by atoms with Crippen molar-refractivity contribution in [1.82, 2.24) is 0 Å². The van der Waals surface area contributed by atoms with Crippen molar-refractivity contribution in [2.24, 2.45) is 11.8 Å². The number of carbonyl (C=O) groups excluding carboxylic acids is 1. The number of rotatable bonds is 4. The van der Waals surface area contributed by atoms with Crippen LogP contribution in [0.3, 0.4) is 0 Å². The van der Waals surface area contributed by atoms with E-state index in [-0.39, 0.29) is 16.7 Å². The Bertz CT molecular complexity index is 614. The number of ether oxygens (including phenoxy) is 1. The fraction of sp³-hybridized carbons (Fsp3) is 0.417. The Morgan fingerprint density at radius 3 is 2.58 bits per heavy atom. The number of anilines is 1. The van der Waals surface area contributed by atoms with Crippen LogP contribution >= 0.6 is 10.7 Å². The SMILES string of the molecule is COc1ccc(S(=O)(=O)Cl)cc1NC(=O)C1CC1C. The fourth-order valence-electron chi connectivity index (χ4n) is 1.85. The first-order valence-electron chi connectivity index (χ1n) is 5.76. The van der Waals surface area contributed by atoms with E-state index in [2.05, 4.69) is 5.32 Å². The van der Waals surface area contributed by atoms with Crippen LogP contribution in [0.15, 0.2) is 23.1 Å². The molecule has 0 bridgehead atoms. The van der Waals surface area contributed by atoms with Gasteiger partial charge in [0.25, 0.3) is 9.05 Å². The summed E-state index contributed by atoms with van der Waals surface area (Å²) in [7, 11) is 2.89.